The van der Waals surface area contributed by atoms with E-state index in [2.05, 4.69) is 0 Å². The minimum atomic E-state index is -0.0714. The minimum Gasteiger partial charge on any atom is -0.491 e. The first kappa shape index (κ1) is 12.1. The van der Waals surface area contributed by atoms with Crippen LogP contribution in [0.5, 0.6) is 11.5 Å². The van der Waals surface area contributed by atoms with Crippen molar-refractivity contribution in [3.05, 3.63) is 23.2 Å². The van der Waals surface area contributed by atoms with Crippen LogP contribution in [0.25, 0.3) is 0 Å². The first-order valence-electron chi connectivity index (χ1n) is 4.55. The summed E-state index contributed by atoms with van der Waals surface area (Å²) in [6.45, 7) is 0.289. The maximum atomic E-state index is 8.60. The van der Waals surface area contributed by atoms with Crippen molar-refractivity contribution in [2.45, 2.75) is 0 Å². The fraction of sp³-hybridized carbons (Fsp3) is 0.400. The maximum Gasteiger partial charge on any atom is 0.141 e. The summed E-state index contributed by atoms with van der Waals surface area (Å²) in [5.74, 6) is 1.03. The van der Waals surface area contributed by atoms with E-state index in [1.807, 2.05) is 0 Å². The fourth-order valence-corrected chi connectivity index (χ4v) is 1.18. The van der Waals surface area contributed by atoms with Gasteiger partial charge in [0, 0.05) is 6.07 Å². The van der Waals surface area contributed by atoms with Gasteiger partial charge in [0.15, 0.2) is 0 Å². The molecule has 0 heterocycles. The Bertz CT molecular complexity index is 303. The van der Waals surface area contributed by atoms with Crippen LogP contribution < -0.4 is 9.47 Å². The van der Waals surface area contributed by atoms with Crippen LogP contribution in [-0.2, 0) is 0 Å². The SMILES string of the molecule is OCCOc1ccc(Cl)c(OCCO)c1. The van der Waals surface area contributed by atoms with Crippen LogP contribution in [-0.4, -0.2) is 36.6 Å². The van der Waals surface area contributed by atoms with Gasteiger partial charge < -0.3 is 19.7 Å². The summed E-state index contributed by atoms with van der Waals surface area (Å²) in [6, 6.07) is 4.94. The van der Waals surface area contributed by atoms with Crippen LogP contribution in [0.3, 0.4) is 0 Å². The molecule has 2 N–H and O–H groups in total. The van der Waals surface area contributed by atoms with Crippen molar-refractivity contribution in [3.63, 3.8) is 0 Å². The van der Waals surface area contributed by atoms with Crippen LogP contribution in [0.1, 0.15) is 0 Å². The maximum absolute atomic E-state index is 8.60. The van der Waals surface area contributed by atoms with E-state index in [1.165, 1.54) is 0 Å². The third-order valence-electron chi connectivity index (χ3n) is 1.61. The molecule has 1 aromatic rings. The van der Waals surface area contributed by atoms with Crippen molar-refractivity contribution in [1.29, 1.82) is 0 Å². The Labute approximate surface area is 93.0 Å². The van der Waals surface area contributed by atoms with Crippen molar-refractivity contribution in [2.75, 3.05) is 26.4 Å². The van der Waals surface area contributed by atoms with E-state index in [4.69, 9.17) is 31.3 Å². The number of halogens is 1. The summed E-state index contributed by atoms with van der Waals surface area (Å²) in [5, 5.41) is 17.6. The summed E-state index contributed by atoms with van der Waals surface area (Å²) in [4.78, 5) is 0. The fourth-order valence-electron chi connectivity index (χ4n) is 1.00. The van der Waals surface area contributed by atoms with Gasteiger partial charge in [-0.15, -0.1) is 0 Å². The number of hydrogen-bond donors (Lipinski definition) is 2. The smallest absolute Gasteiger partial charge is 0.141 e. The summed E-state index contributed by atoms with van der Waals surface area (Å²) in [6.07, 6.45) is 0. The molecule has 0 spiro atoms. The van der Waals surface area contributed by atoms with Crippen molar-refractivity contribution in [3.8, 4) is 11.5 Å². The largest absolute Gasteiger partial charge is 0.491 e. The lowest BCUT2D eigenvalue weighted by molar-refractivity contribution is 0.195. The Kier molecular flexibility index (Phi) is 5.25. The molecule has 0 aliphatic heterocycles. The van der Waals surface area contributed by atoms with Gasteiger partial charge in [-0.1, -0.05) is 11.6 Å². The lowest BCUT2D eigenvalue weighted by Gasteiger charge is -2.09. The van der Waals surface area contributed by atoms with Crippen LogP contribution in [0, 0.1) is 0 Å². The molecule has 0 radical (unpaired) electrons. The van der Waals surface area contributed by atoms with Crippen molar-refractivity contribution >= 4 is 11.6 Å². The van der Waals surface area contributed by atoms with Gasteiger partial charge in [-0.2, -0.15) is 0 Å². The average Bonchev–Trinajstić information content (AvgIpc) is 2.26. The second-order valence-electron chi connectivity index (χ2n) is 2.74. The second-order valence-corrected chi connectivity index (χ2v) is 3.14. The van der Waals surface area contributed by atoms with E-state index in [9.17, 15) is 0 Å². The quantitative estimate of drug-likeness (QED) is 0.771. The van der Waals surface area contributed by atoms with Gasteiger partial charge in [0.1, 0.15) is 24.7 Å². The molecule has 5 heteroatoms. The van der Waals surface area contributed by atoms with E-state index in [0.29, 0.717) is 16.5 Å². The highest BCUT2D eigenvalue weighted by Gasteiger charge is 2.03. The molecule has 0 aliphatic carbocycles. The molecular weight excluding hydrogens is 220 g/mol. The molecule has 0 aliphatic rings. The molecule has 1 aromatic carbocycles. The number of rotatable bonds is 6. The monoisotopic (exact) mass is 232 g/mol. The number of ether oxygens (including phenoxy) is 2. The first-order chi connectivity index (χ1) is 7.27. The van der Waals surface area contributed by atoms with Crippen molar-refractivity contribution < 1.29 is 19.7 Å². The zero-order valence-electron chi connectivity index (χ0n) is 8.15. The predicted octanol–water partition coefficient (Wildman–Crippen LogP) is 1.08. The third kappa shape index (κ3) is 3.95. The van der Waals surface area contributed by atoms with Crippen molar-refractivity contribution in [1.82, 2.24) is 0 Å². The lowest BCUT2D eigenvalue weighted by atomic mass is 10.3. The normalized spacial score (nSPS) is 10.1. The van der Waals surface area contributed by atoms with Gasteiger partial charge >= 0.3 is 0 Å². The minimum absolute atomic E-state index is 0.0462. The summed E-state index contributed by atoms with van der Waals surface area (Å²) in [5.41, 5.74) is 0. The van der Waals surface area contributed by atoms with E-state index >= 15 is 0 Å². The van der Waals surface area contributed by atoms with Crippen LogP contribution >= 0.6 is 11.6 Å². The Morgan fingerprint density at radius 3 is 2.40 bits per heavy atom. The van der Waals surface area contributed by atoms with Gasteiger partial charge in [0.2, 0.25) is 0 Å². The van der Waals surface area contributed by atoms with Crippen LogP contribution in [0.2, 0.25) is 5.02 Å². The molecule has 1 rings (SSSR count). The predicted molar refractivity (Wildman–Crippen MR) is 56.6 cm³/mol. The summed E-state index contributed by atoms with van der Waals surface area (Å²) >= 11 is 5.85. The molecule has 0 aromatic heterocycles. The molecule has 0 saturated carbocycles. The average molecular weight is 233 g/mol. The molecule has 0 fully saturated rings. The topological polar surface area (TPSA) is 58.9 Å². The molecule has 0 atom stereocenters. The van der Waals surface area contributed by atoms with E-state index in [0.717, 1.165) is 0 Å². The van der Waals surface area contributed by atoms with Crippen LogP contribution in [0.4, 0.5) is 0 Å². The van der Waals surface area contributed by atoms with E-state index in [-0.39, 0.29) is 26.4 Å². The summed E-state index contributed by atoms with van der Waals surface area (Å²) in [7, 11) is 0. The zero-order chi connectivity index (χ0) is 11.1. The Morgan fingerprint density at radius 2 is 1.73 bits per heavy atom. The molecule has 84 valence electrons. The molecule has 4 nitrogen and oxygen atoms in total. The lowest BCUT2D eigenvalue weighted by Crippen LogP contribution is -2.04. The molecule has 0 unspecified atom stereocenters. The highest BCUT2D eigenvalue weighted by Crippen LogP contribution is 2.28. The number of aliphatic hydroxyl groups excluding tert-OH is 2. The number of hydrogen-bond acceptors (Lipinski definition) is 4. The number of benzene rings is 1. The molecule has 0 bridgehead atoms. The van der Waals surface area contributed by atoms with Gasteiger partial charge in [-0.05, 0) is 12.1 Å². The van der Waals surface area contributed by atoms with Gasteiger partial charge in [0.05, 0.1) is 18.2 Å². The van der Waals surface area contributed by atoms with Gasteiger partial charge in [-0.25, -0.2) is 0 Å². The van der Waals surface area contributed by atoms with E-state index in [1.54, 1.807) is 18.2 Å². The third-order valence-corrected chi connectivity index (χ3v) is 1.92. The highest BCUT2D eigenvalue weighted by molar-refractivity contribution is 6.32. The van der Waals surface area contributed by atoms with Crippen molar-refractivity contribution in [2.24, 2.45) is 0 Å². The Balaban J connectivity index is 2.66. The zero-order valence-corrected chi connectivity index (χ0v) is 8.91. The first-order valence-corrected chi connectivity index (χ1v) is 4.92. The van der Waals surface area contributed by atoms with Gasteiger partial charge in [0.25, 0.3) is 0 Å². The van der Waals surface area contributed by atoms with E-state index < -0.39 is 0 Å². The number of aliphatic hydroxyl groups is 2. The standard InChI is InChI=1S/C10H13ClO4/c11-9-2-1-8(14-5-3-12)7-10(9)15-6-4-13/h1-2,7,12-13H,3-6H2. The highest BCUT2D eigenvalue weighted by atomic mass is 35.5. The Morgan fingerprint density at radius 1 is 1.07 bits per heavy atom. The van der Waals surface area contributed by atoms with Crippen LogP contribution in [0.15, 0.2) is 18.2 Å². The Hall–Kier alpha value is -0.970. The second kappa shape index (κ2) is 6.50. The molecule has 0 saturated heterocycles. The summed E-state index contributed by atoms with van der Waals surface area (Å²) < 4.78 is 10.4. The van der Waals surface area contributed by atoms with Gasteiger partial charge in [-0.3, -0.25) is 0 Å². The molecular formula is C10H13ClO4. The molecule has 15 heavy (non-hydrogen) atoms. The molecule has 0 amide bonds.